The Hall–Kier alpha value is -3.15. The highest BCUT2D eigenvalue weighted by Gasteiger charge is 2.24. The molecule has 0 saturated heterocycles. The predicted molar refractivity (Wildman–Crippen MR) is 104 cm³/mol. The van der Waals surface area contributed by atoms with Gasteiger partial charge in [0.1, 0.15) is 5.76 Å². The van der Waals surface area contributed by atoms with Gasteiger partial charge in [-0.05, 0) is 62.4 Å². The highest BCUT2D eigenvalue weighted by atomic mass is 16.5. The van der Waals surface area contributed by atoms with Crippen LogP contribution in [0, 0.1) is 6.92 Å². The minimum atomic E-state index is -0.468. The first-order valence-electron chi connectivity index (χ1n) is 9.50. The summed E-state index contributed by atoms with van der Waals surface area (Å²) in [5.41, 5.74) is 4.33. The first-order chi connectivity index (χ1) is 13.6. The fourth-order valence-electron chi connectivity index (χ4n) is 3.62. The van der Waals surface area contributed by atoms with Crippen LogP contribution in [0.1, 0.15) is 45.8 Å². The summed E-state index contributed by atoms with van der Waals surface area (Å²) in [7, 11) is 0. The molecule has 6 heteroatoms. The number of hydrogen-bond donors (Lipinski definition) is 1. The maximum atomic E-state index is 12.9. The largest absolute Gasteiger partial charge is 0.467 e. The van der Waals surface area contributed by atoms with Crippen molar-refractivity contribution in [3.63, 3.8) is 0 Å². The Balaban J connectivity index is 1.54. The number of rotatable bonds is 5. The zero-order valence-electron chi connectivity index (χ0n) is 15.8. The summed E-state index contributed by atoms with van der Waals surface area (Å²) in [6, 6.07) is 9.41. The summed E-state index contributed by atoms with van der Waals surface area (Å²) < 4.78 is 10.5. The Morgan fingerprint density at radius 2 is 2.07 bits per heavy atom. The molecule has 2 aromatic heterocycles. The summed E-state index contributed by atoms with van der Waals surface area (Å²) in [6.45, 7) is 1.91. The lowest BCUT2D eigenvalue weighted by Crippen LogP contribution is -2.28. The van der Waals surface area contributed by atoms with E-state index >= 15 is 0 Å². The van der Waals surface area contributed by atoms with Crippen LogP contribution < -0.4 is 5.32 Å². The molecule has 0 aliphatic heterocycles. The molecular weight excluding hydrogens is 356 g/mol. The number of nitrogens with one attached hydrogen (secondary N) is 1. The Labute approximate surface area is 162 Å². The summed E-state index contributed by atoms with van der Waals surface area (Å²) >= 11 is 0. The van der Waals surface area contributed by atoms with Crippen molar-refractivity contribution >= 4 is 22.8 Å². The number of fused-ring (bicyclic) bond motifs is 2. The van der Waals surface area contributed by atoms with Crippen LogP contribution >= 0.6 is 0 Å². The third-order valence-electron chi connectivity index (χ3n) is 5.00. The third-order valence-corrected chi connectivity index (χ3v) is 5.00. The molecule has 1 amide bonds. The highest BCUT2D eigenvalue weighted by molar-refractivity contribution is 6.05. The number of benzene rings is 1. The summed E-state index contributed by atoms with van der Waals surface area (Å²) in [4.78, 5) is 29.7. The molecule has 0 saturated carbocycles. The van der Waals surface area contributed by atoms with Crippen LogP contribution in [0.4, 0.5) is 0 Å². The van der Waals surface area contributed by atoms with Crippen molar-refractivity contribution in [2.75, 3.05) is 6.61 Å². The number of carbonyl (C=O) groups is 2. The van der Waals surface area contributed by atoms with E-state index in [4.69, 9.17) is 14.1 Å². The second-order valence-corrected chi connectivity index (χ2v) is 7.07. The molecular formula is C22H22N2O4. The number of furan rings is 1. The van der Waals surface area contributed by atoms with E-state index in [1.54, 1.807) is 18.4 Å². The van der Waals surface area contributed by atoms with Crippen molar-refractivity contribution < 1.29 is 18.7 Å². The molecule has 144 valence electrons. The Bertz CT molecular complexity index is 1020. The molecule has 6 nitrogen and oxygen atoms in total. The van der Waals surface area contributed by atoms with Crippen molar-refractivity contribution in [3.8, 4) is 0 Å². The van der Waals surface area contributed by atoms with Crippen LogP contribution in [-0.2, 0) is 28.9 Å². The highest BCUT2D eigenvalue weighted by Crippen LogP contribution is 2.30. The maximum absolute atomic E-state index is 12.9. The fourth-order valence-corrected chi connectivity index (χ4v) is 3.62. The Morgan fingerprint density at radius 1 is 1.21 bits per heavy atom. The molecule has 1 aromatic carbocycles. The molecule has 0 unspecified atom stereocenters. The number of hydrogen-bond acceptors (Lipinski definition) is 5. The van der Waals surface area contributed by atoms with Gasteiger partial charge >= 0.3 is 5.97 Å². The predicted octanol–water partition coefficient (Wildman–Crippen LogP) is 3.49. The minimum absolute atomic E-state index is 0.260. The van der Waals surface area contributed by atoms with E-state index in [1.165, 1.54) is 0 Å². The number of nitrogens with zero attached hydrogens (tertiary/aromatic N) is 1. The standard InChI is InChI=1S/C22H22N2O4/c1-14-8-9-19-17(11-14)21(16-6-2-3-7-18(16)24-19)22(26)28-13-20(25)23-12-15-5-4-10-27-15/h4-5,8-11H,2-3,6-7,12-13H2,1H3,(H,23,25). The molecule has 1 aliphatic carbocycles. The van der Waals surface area contributed by atoms with Gasteiger partial charge in [-0.1, -0.05) is 11.6 Å². The lowest BCUT2D eigenvalue weighted by Gasteiger charge is -2.20. The number of pyridine rings is 1. The summed E-state index contributed by atoms with van der Waals surface area (Å²) in [5, 5.41) is 3.47. The van der Waals surface area contributed by atoms with Crippen molar-refractivity contribution in [3.05, 3.63) is 64.7 Å². The van der Waals surface area contributed by atoms with Gasteiger partial charge in [-0.25, -0.2) is 4.79 Å². The average Bonchev–Trinajstić information content (AvgIpc) is 3.22. The average molecular weight is 378 g/mol. The molecule has 0 radical (unpaired) electrons. The fraction of sp³-hybridized carbons (Fsp3) is 0.318. The van der Waals surface area contributed by atoms with E-state index in [0.29, 0.717) is 11.3 Å². The second kappa shape index (κ2) is 7.84. The van der Waals surface area contributed by atoms with E-state index in [0.717, 1.165) is 53.4 Å². The van der Waals surface area contributed by atoms with Gasteiger partial charge in [0.05, 0.1) is 23.9 Å². The van der Waals surface area contributed by atoms with Crippen molar-refractivity contribution in [2.45, 2.75) is 39.2 Å². The van der Waals surface area contributed by atoms with E-state index in [2.05, 4.69) is 5.32 Å². The van der Waals surface area contributed by atoms with Gasteiger partial charge in [-0.3, -0.25) is 9.78 Å². The van der Waals surface area contributed by atoms with Crippen molar-refractivity contribution in [1.29, 1.82) is 0 Å². The quantitative estimate of drug-likeness (QED) is 0.688. The molecule has 4 rings (SSSR count). The molecule has 0 fully saturated rings. The van der Waals surface area contributed by atoms with E-state index in [1.807, 2.05) is 25.1 Å². The molecule has 2 heterocycles. The normalized spacial score (nSPS) is 13.2. The number of aryl methyl sites for hydroxylation is 2. The monoisotopic (exact) mass is 378 g/mol. The van der Waals surface area contributed by atoms with Gasteiger partial charge in [0.25, 0.3) is 5.91 Å². The lowest BCUT2D eigenvalue weighted by atomic mass is 9.89. The van der Waals surface area contributed by atoms with E-state index < -0.39 is 5.97 Å². The van der Waals surface area contributed by atoms with Crippen LogP contribution in [0.25, 0.3) is 10.9 Å². The molecule has 1 aliphatic rings. The lowest BCUT2D eigenvalue weighted by molar-refractivity contribution is -0.124. The van der Waals surface area contributed by atoms with Crippen molar-refractivity contribution in [1.82, 2.24) is 10.3 Å². The third kappa shape index (κ3) is 3.76. The topological polar surface area (TPSA) is 81.4 Å². The van der Waals surface area contributed by atoms with E-state index in [9.17, 15) is 9.59 Å². The summed E-state index contributed by atoms with van der Waals surface area (Å²) in [5.74, 6) is -0.193. The zero-order valence-corrected chi connectivity index (χ0v) is 15.8. The van der Waals surface area contributed by atoms with Gasteiger partial charge in [0, 0.05) is 11.1 Å². The Morgan fingerprint density at radius 3 is 2.89 bits per heavy atom. The number of ether oxygens (including phenoxy) is 1. The van der Waals surface area contributed by atoms with E-state index in [-0.39, 0.29) is 19.1 Å². The van der Waals surface area contributed by atoms with Crippen LogP contribution in [-0.4, -0.2) is 23.5 Å². The van der Waals surface area contributed by atoms with Gasteiger partial charge < -0.3 is 14.5 Å². The first-order valence-corrected chi connectivity index (χ1v) is 9.50. The molecule has 0 bridgehead atoms. The smallest absolute Gasteiger partial charge is 0.339 e. The first kappa shape index (κ1) is 18.2. The van der Waals surface area contributed by atoms with Crippen LogP contribution in [0.2, 0.25) is 0 Å². The van der Waals surface area contributed by atoms with Gasteiger partial charge in [-0.2, -0.15) is 0 Å². The van der Waals surface area contributed by atoms with Gasteiger partial charge in [0.2, 0.25) is 0 Å². The molecule has 0 atom stereocenters. The Kier molecular flexibility index (Phi) is 5.10. The van der Waals surface area contributed by atoms with Gasteiger partial charge in [0.15, 0.2) is 6.61 Å². The molecule has 1 N–H and O–H groups in total. The molecule has 3 aromatic rings. The number of esters is 1. The van der Waals surface area contributed by atoms with Crippen LogP contribution in [0.3, 0.4) is 0 Å². The number of aromatic nitrogens is 1. The molecule has 0 spiro atoms. The number of carbonyl (C=O) groups excluding carboxylic acids is 2. The van der Waals surface area contributed by atoms with Gasteiger partial charge in [-0.15, -0.1) is 0 Å². The summed E-state index contributed by atoms with van der Waals surface area (Å²) in [6.07, 6.45) is 5.31. The van der Waals surface area contributed by atoms with Crippen molar-refractivity contribution in [2.24, 2.45) is 0 Å². The maximum Gasteiger partial charge on any atom is 0.339 e. The zero-order chi connectivity index (χ0) is 19.5. The number of amides is 1. The SMILES string of the molecule is Cc1ccc2nc3c(c(C(=O)OCC(=O)NCc4ccco4)c2c1)CCCC3. The van der Waals surface area contributed by atoms with Crippen LogP contribution in [0.15, 0.2) is 41.0 Å². The molecule has 28 heavy (non-hydrogen) atoms. The minimum Gasteiger partial charge on any atom is -0.467 e. The van der Waals surface area contributed by atoms with Crippen LogP contribution in [0.5, 0.6) is 0 Å². The second-order valence-electron chi connectivity index (χ2n) is 7.07.